The summed E-state index contributed by atoms with van der Waals surface area (Å²) in [7, 11) is -3.60. The lowest BCUT2D eigenvalue weighted by Gasteiger charge is -2.30. The maximum Gasteiger partial charge on any atom is 0.321 e. The van der Waals surface area contributed by atoms with Crippen molar-refractivity contribution in [2.75, 3.05) is 18.8 Å². The fourth-order valence-electron chi connectivity index (χ4n) is 5.02. The van der Waals surface area contributed by atoms with E-state index < -0.39 is 22.0 Å². The molecule has 198 valence electrons. The minimum Gasteiger partial charge on any atom is -0.480 e. The highest BCUT2D eigenvalue weighted by Gasteiger charge is 2.30. The zero-order valence-corrected chi connectivity index (χ0v) is 22.1. The van der Waals surface area contributed by atoms with Gasteiger partial charge in [-0.05, 0) is 94.0 Å². The number of aliphatic carboxylic acids is 1. The van der Waals surface area contributed by atoms with Gasteiger partial charge in [0.05, 0.1) is 5.75 Å². The number of carbonyl (C=O) groups excluding carboxylic acids is 1. The highest BCUT2D eigenvalue weighted by molar-refractivity contribution is 7.89. The van der Waals surface area contributed by atoms with Crippen molar-refractivity contribution in [3.63, 3.8) is 0 Å². The normalized spacial score (nSPS) is 22.1. The molecule has 0 spiro atoms. The number of halogens is 1. The number of carbonyl (C=O) groups is 2. The monoisotopic (exact) mass is 529 g/mol. The van der Waals surface area contributed by atoms with E-state index in [-0.39, 0.29) is 42.4 Å². The predicted octanol–water partition coefficient (Wildman–Crippen LogP) is 3.43. The van der Waals surface area contributed by atoms with Crippen LogP contribution in [-0.2, 0) is 14.8 Å². The number of rotatable bonds is 11. The van der Waals surface area contributed by atoms with Gasteiger partial charge in [-0.1, -0.05) is 25.5 Å². The molecule has 1 unspecified atom stereocenters. The van der Waals surface area contributed by atoms with Gasteiger partial charge in [-0.3, -0.25) is 9.59 Å². The Morgan fingerprint density at radius 1 is 1.06 bits per heavy atom. The lowest BCUT2D eigenvalue weighted by molar-refractivity contribution is -0.139. The lowest BCUT2D eigenvalue weighted by atomic mass is 9.82. The zero-order chi connectivity index (χ0) is 24.6. The first-order valence-corrected chi connectivity index (χ1v) is 14.3. The van der Waals surface area contributed by atoms with Crippen LogP contribution in [0, 0.1) is 5.92 Å². The number of sulfonamides is 1. The number of carboxylic acids is 1. The Kier molecular flexibility index (Phi) is 12.0. The fraction of sp³-hybridized carbons (Fsp3) is 0.680. The van der Waals surface area contributed by atoms with Crippen molar-refractivity contribution in [1.82, 2.24) is 15.4 Å². The van der Waals surface area contributed by atoms with Crippen molar-refractivity contribution in [1.29, 1.82) is 0 Å². The largest absolute Gasteiger partial charge is 0.480 e. The zero-order valence-electron chi connectivity index (χ0n) is 20.5. The molecule has 1 aromatic rings. The summed E-state index contributed by atoms with van der Waals surface area (Å²) in [5.74, 6) is -0.590. The highest BCUT2D eigenvalue weighted by Crippen LogP contribution is 2.29. The van der Waals surface area contributed by atoms with Gasteiger partial charge in [-0.2, -0.15) is 0 Å². The molecule has 4 N–H and O–H groups in total. The number of amides is 1. The first kappa shape index (κ1) is 29.5. The first-order valence-electron chi connectivity index (χ1n) is 12.6. The van der Waals surface area contributed by atoms with Crippen molar-refractivity contribution in [2.24, 2.45) is 5.92 Å². The average molecular weight is 530 g/mol. The number of benzene rings is 1. The summed E-state index contributed by atoms with van der Waals surface area (Å²) in [5.41, 5.74) is 1.95. The van der Waals surface area contributed by atoms with Crippen LogP contribution in [0.3, 0.4) is 0 Å². The average Bonchev–Trinajstić information content (AvgIpc) is 2.84. The molecule has 0 bridgehead atoms. The molecular weight excluding hydrogens is 490 g/mol. The maximum absolute atomic E-state index is 12.7. The minimum atomic E-state index is -3.60. The molecule has 35 heavy (non-hydrogen) atoms. The molecule has 1 heterocycles. The SMILES string of the molecule is CCCCS(=O)(=O)NC(C[C@H]1CC[C@H](NC(=O)c2ccc(C3CCNCC3)cc2)CC1)C(=O)O.Cl. The number of hydrogen-bond acceptors (Lipinski definition) is 5. The molecule has 1 saturated carbocycles. The third-order valence-corrected chi connectivity index (χ3v) is 8.59. The van der Waals surface area contributed by atoms with E-state index >= 15 is 0 Å². The first-order chi connectivity index (χ1) is 16.3. The Labute approximate surface area is 215 Å². The number of nitrogens with one attached hydrogen (secondary N) is 3. The molecule has 8 nitrogen and oxygen atoms in total. The van der Waals surface area contributed by atoms with Crippen LogP contribution in [0.1, 0.15) is 86.6 Å². The van der Waals surface area contributed by atoms with E-state index in [1.54, 1.807) is 0 Å². The molecule has 10 heteroatoms. The predicted molar refractivity (Wildman–Crippen MR) is 140 cm³/mol. The van der Waals surface area contributed by atoms with Crippen molar-refractivity contribution in [2.45, 2.75) is 82.7 Å². The van der Waals surface area contributed by atoms with Crippen molar-refractivity contribution >= 4 is 34.3 Å². The third kappa shape index (κ3) is 9.37. The molecule has 3 rings (SSSR count). The van der Waals surface area contributed by atoms with Gasteiger partial charge < -0.3 is 15.7 Å². The quantitative estimate of drug-likeness (QED) is 0.348. The van der Waals surface area contributed by atoms with E-state index in [9.17, 15) is 23.1 Å². The Balaban J connectivity index is 0.00000432. The molecule has 0 radical (unpaired) electrons. The van der Waals surface area contributed by atoms with Gasteiger partial charge in [0.15, 0.2) is 0 Å². The van der Waals surface area contributed by atoms with Gasteiger partial charge in [0.1, 0.15) is 6.04 Å². The summed E-state index contributed by atoms with van der Waals surface area (Å²) in [6, 6.07) is 6.89. The van der Waals surface area contributed by atoms with Gasteiger partial charge in [0.2, 0.25) is 10.0 Å². The van der Waals surface area contributed by atoms with Crippen LogP contribution in [0.4, 0.5) is 0 Å². The molecule has 1 saturated heterocycles. The van der Waals surface area contributed by atoms with Crippen molar-refractivity contribution in [3.8, 4) is 0 Å². The van der Waals surface area contributed by atoms with E-state index in [0.29, 0.717) is 17.9 Å². The molecule has 1 amide bonds. The van der Waals surface area contributed by atoms with Gasteiger partial charge in [0, 0.05) is 11.6 Å². The standard InChI is InChI=1S/C25H39N3O5S.ClH/c1-2-3-16-34(32,33)28-23(25(30)31)17-18-4-10-22(11-5-18)27-24(29)21-8-6-19(7-9-21)20-12-14-26-15-13-20;/h6-9,18,20,22-23,26,28H,2-5,10-17H2,1H3,(H,27,29)(H,30,31);1H/t18-,22-,23?;. The molecule has 1 atom stereocenters. The van der Waals surface area contributed by atoms with Crippen LogP contribution in [0.2, 0.25) is 0 Å². The molecule has 1 aromatic carbocycles. The third-order valence-electron chi connectivity index (χ3n) is 7.12. The smallest absolute Gasteiger partial charge is 0.321 e. The summed E-state index contributed by atoms with van der Waals surface area (Å²) < 4.78 is 26.6. The number of carboxylic acid groups (broad SMARTS) is 1. The van der Waals surface area contributed by atoms with Gasteiger partial charge in [0.25, 0.3) is 5.91 Å². The number of hydrogen-bond donors (Lipinski definition) is 4. The van der Waals surface area contributed by atoms with E-state index in [1.165, 1.54) is 5.56 Å². The molecular formula is C25H40ClN3O5S. The molecule has 1 aliphatic carbocycles. The summed E-state index contributed by atoms with van der Waals surface area (Å²) >= 11 is 0. The fourth-order valence-corrected chi connectivity index (χ4v) is 6.43. The molecule has 2 aliphatic rings. The lowest BCUT2D eigenvalue weighted by Crippen LogP contribution is -2.44. The van der Waals surface area contributed by atoms with Crippen LogP contribution >= 0.6 is 12.4 Å². The second-order valence-electron chi connectivity index (χ2n) is 9.75. The van der Waals surface area contributed by atoms with Crippen molar-refractivity contribution in [3.05, 3.63) is 35.4 Å². The molecule has 0 aromatic heterocycles. The summed E-state index contributed by atoms with van der Waals surface area (Å²) in [6.07, 6.45) is 6.82. The Morgan fingerprint density at radius 2 is 1.69 bits per heavy atom. The van der Waals surface area contributed by atoms with Crippen LogP contribution in [0.15, 0.2) is 24.3 Å². The summed E-state index contributed by atoms with van der Waals surface area (Å²) in [4.78, 5) is 24.3. The second kappa shape index (κ2) is 14.2. The topological polar surface area (TPSA) is 125 Å². The van der Waals surface area contributed by atoms with E-state index in [0.717, 1.165) is 58.0 Å². The van der Waals surface area contributed by atoms with Gasteiger partial charge >= 0.3 is 5.97 Å². The molecule has 1 aliphatic heterocycles. The Bertz CT molecular complexity index is 912. The number of piperidine rings is 1. The van der Waals surface area contributed by atoms with Crippen LogP contribution in [-0.4, -0.2) is 56.3 Å². The highest BCUT2D eigenvalue weighted by atomic mass is 35.5. The van der Waals surface area contributed by atoms with E-state index in [4.69, 9.17) is 0 Å². The van der Waals surface area contributed by atoms with Crippen LogP contribution in [0.5, 0.6) is 0 Å². The number of unbranched alkanes of at least 4 members (excludes halogenated alkanes) is 1. The Hall–Kier alpha value is -1.68. The van der Waals surface area contributed by atoms with Crippen molar-refractivity contribution < 1.29 is 23.1 Å². The van der Waals surface area contributed by atoms with E-state index in [2.05, 4.69) is 27.5 Å². The van der Waals surface area contributed by atoms with Crippen LogP contribution < -0.4 is 15.4 Å². The molecule has 2 fully saturated rings. The van der Waals surface area contributed by atoms with E-state index in [1.807, 2.05) is 19.1 Å². The van der Waals surface area contributed by atoms with Gasteiger partial charge in [-0.15, -0.1) is 12.4 Å². The summed E-state index contributed by atoms with van der Waals surface area (Å²) in [6.45, 7) is 3.97. The minimum absolute atomic E-state index is 0. The van der Waals surface area contributed by atoms with Crippen LogP contribution in [0.25, 0.3) is 0 Å². The van der Waals surface area contributed by atoms with Gasteiger partial charge in [-0.25, -0.2) is 13.1 Å². The second-order valence-corrected chi connectivity index (χ2v) is 11.6. The maximum atomic E-state index is 12.7. The summed E-state index contributed by atoms with van der Waals surface area (Å²) in [5, 5.41) is 16.0. The Morgan fingerprint density at radius 3 is 2.26 bits per heavy atom.